The molecule has 1 fully saturated rings. The number of allylic oxidation sites excluding steroid dienone is 1. The second-order valence-corrected chi connectivity index (χ2v) is 5.37. The Morgan fingerprint density at radius 2 is 2.43 bits per heavy atom. The Balaban J connectivity index is 1.94. The van der Waals surface area contributed by atoms with Gasteiger partial charge in [-0.1, -0.05) is 0 Å². The Morgan fingerprint density at radius 1 is 1.62 bits per heavy atom. The van der Waals surface area contributed by atoms with Crippen molar-refractivity contribution in [2.45, 2.75) is 25.4 Å². The number of ether oxygens (including phenoxy) is 1. The number of hydrogen-bond acceptors (Lipinski definition) is 8. The maximum Gasteiger partial charge on any atom is 0.367 e. The van der Waals surface area contributed by atoms with Gasteiger partial charge in [0.1, 0.15) is 6.61 Å². The molecule has 21 heavy (non-hydrogen) atoms. The van der Waals surface area contributed by atoms with E-state index in [-0.39, 0.29) is 12.5 Å². The second kappa shape index (κ2) is 5.48. The summed E-state index contributed by atoms with van der Waals surface area (Å²) in [5.74, 6) is 1.02. The van der Waals surface area contributed by atoms with Crippen molar-refractivity contribution in [2.24, 2.45) is 5.73 Å². The third-order valence-electron chi connectivity index (χ3n) is 3.05. The van der Waals surface area contributed by atoms with Gasteiger partial charge < -0.3 is 15.9 Å². The molecule has 0 atom stereocenters. The van der Waals surface area contributed by atoms with Crippen molar-refractivity contribution in [1.82, 2.24) is 24.6 Å². The van der Waals surface area contributed by atoms with E-state index in [1.165, 1.54) is 17.6 Å². The maximum absolute atomic E-state index is 11.6. The van der Waals surface area contributed by atoms with Gasteiger partial charge in [-0.2, -0.15) is 4.37 Å². The van der Waals surface area contributed by atoms with Gasteiger partial charge in [-0.15, -0.1) is 4.68 Å². The highest BCUT2D eigenvalue weighted by Gasteiger charge is 2.31. The summed E-state index contributed by atoms with van der Waals surface area (Å²) in [7, 11) is 0. The standard InChI is InChI=1S/C11H13N7O2S/c12-4-3-8(13)20-5-7-9(6-1-2-6)21-15-10(7)18-11(19)14-16-17-18/h3-4,6,12H,1-2,5,13H2,(H,14,17,19). The Morgan fingerprint density at radius 3 is 3.05 bits per heavy atom. The molecule has 110 valence electrons. The summed E-state index contributed by atoms with van der Waals surface area (Å²) in [4.78, 5) is 12.7. The zero-order valence-electron chi connectivity index (χ0n) is 10.9. The molecule has 2 heterocycles. The van der Waals surface area contributed by atoms with Crippen molar-refractivity contribution in [3.05, 3.63) is 32.9 Å². The zero-order valence-corrected chi connectivity index (χ0v) is 11.8. The topological polar surface area (TPSA) is 136 Å². The van der Waals surface area contributed by atoms with E-state index >= 15 is 0 Å². The number of rotatable bonds is 6. The zero-order chi connectivity index (χ0) is 14.8. The van der Waals surface area contributed by atoms with E-state index < -0.39 is 5.69 Å². The van der Waals surface area contributed by atoms with Crippen LogP contribution in [-0.4, -0.2) is 30.8 Å². The Kier molecular flexibility index (Phi) is 3.52. The smallest absolute Gasteiger partial charge is 0.367 e. The number of tetrazole rings is 1. The molecule has 10 heteroatoms. The summed E-state index contributed by atoms with van der Waals surface area (Å²) in [6.07, 6.45) is 4.60. The highest BCUT2D eigenvalue weighted by atomic mass is 32.1. The Bertz CT molecular complexity index is 740. The summed E-state index contributed by atoms with van der Waals surface area (Å²) in [6, 6.07) is 0. The molecule has 2 aromatic heterocycles. The van der Waals surface area contributed by atoms with E-state index in [0.717, 1.165) is 34.2 Å². The highest BCUT2D eigenvalue weighted by Crippen LogP contribution is 2.45. The third-order valence-corrected chi connectivity index (χ3v) is 4.09. The largest absolute Gasteiger partial charge is 0.474 e. The van der Waals surface area contributed by atoms with Crippen LogP contribution < -0.4 is 11.4 Å². The molecular formula is C11H13N7O2S. The average molecular weight is 307 g/mol. The lowest BCUT2D eigenvalue weighted by Gasteiger charge is -2.07. The van der Waals surface area contributed by atoms with Gasteiger partial charge >= 0.3 is 5.69 Å². The van der Waals surface area contributed by atoms with Crippen molar-refractivity contribution in [2.75, 3.05) is 0 Å². The molecule has 0 amide bonds. The molecule has 2 aromatic rings. The van der Waals surface area contributed by atoms with Crippen molar-refractivity contribution in [1.29, 1.82) is 5.41 Å². The van der Waals surface area contributed by atoms with Gasteiger partial charge in [0.25, 0.3) is 0 Å². The van der Waals surface area contributed by atoms with Crippen molar-refractivity contribution in [3.8, 4) is 5.82 Å². The summed E-state index contributed by atoms with van der Waals surface area (Å²) in [6.45, 7) is 0.174. The molecule has 0 bridgehead atoms. The molecule has 0 aliphatic heterocycles. The fourth-order valence-electron chi connectivity index (χ4n) is 1.90. The van der Waals surface area contributed by atoms with Crippen molar-refractivity contribution < 1.29 is 4.74 Å². The van der Waals surface area contributed by atoms with Crippen molar-refractivity contribution in [3.63, 3.8) is 0 Å². The van der Waals surface area contributed by atoms with Gasteiger partial charge in [-0.3, -0.25) is 0 Å². The number of aromatic amines is 1. The van der Waals surface area contributed by atoms with Crippen molar-refractivity contribution >= 4 is 17.7 Å². The summed E-state index contributed by atoms with van der Waals surface area (Å²) in [5, 5.41) is 16.4. The molecular weight excluding hydrogens is 294 g/mol. The molecule has 3 rings (SSSR count). The van der Waals surface area contributed by atoms with Gasteiger partial charge in [-0.25, -0.2) is 9.89 Å². The molecule has 0 saturated heterocycles. The normalized spacial score (nSPS) is 15.1. The summed E-state index contributed by atoms with van der Waals surface area (Å²) in [5.41, 5.74) is 5.95. The first-order valence-corrected chi connectivity index (χ1v) is 7.06. The van der Waals surface area contributed by atoms with Gasteiger partial charge in [0, 0.05) is 17.2 Å². The molecule has 0 aromatic carbocycles. The summed E-state index contributed by atoms with van der Waals surface area (Å²) < 4.78 is 10.8. The van der Waals surface area contributed by atoms with Crippen LogP contribution in [0.15, 0.2) is 16.8 Å². The number of H-pyrrole nitrogens is 1. The second-order valence-electron chi connectivity index (χ2n) is 4.57. The predicted octanol–water partition coefficient (Wildman–Crippen LogP) is 0.256. The molecule has 1 aliphatic rings. The van der Waals surface area contributed by atoms with Gasteiger partial charge in [-0.05, 0) is 40.7 Å². The van der Waals surface area contributed by atoms with Crippen LogP contribution in [0.2, 0.25) is 0 Å². The van der Waals surface area contributed by atoms with Crippen LogP contribution in [0.25, 0.3) is 5.82 Å². The van der Waals surface area contributed by atoms with E-state index in [1.54, 1.807) is 0 Å². The highest BCUT2D eigenvalue weighted by molar-refractivity contribution is 7.06. The molecule has 0 radical (unpaired) electrons. The molecule has 9 nitrogen and oxygen atoms in total. The van der Waals surface area contributed by atoms with Crippen LogP contribution in [-0.2, 0) is 11.3 Å². The summed E-state index contributed by atoms with van der Waals surface area (Å²) >= 11 is 1.34. The van der Waals surface area contributed by atoms with Crippen LogP contribution in [0, 0.1) is 5.41 Å². The van der Waals surface area contributed by atoms with Crippen LogP contribution in [0.1, 0.15) is 29.2 Å². The first-order valence-electron chi connectivity index (χ1n) is 6.29. The number of nitrogens with zero attached hydrogens (tertiary/aromatic N) is 4. The third kappa shape index (κ3) is 2.70. The minimum Gasteiger partial charge on any atom is -0.474 e. The molecule has 1 aliphatic carbocycles. The quantitative estimate of drug-likeness (QED) is 0.517. The average Bonchev–Trinajstić information content (AvgIpc) is 3.08. The van der Waals surface area contributed by atoms with Crippen LogP contribution >= 0.6 is 11.5 Å². The van der Waals surface area contributed by atoms with E-state index in [0.29, 0.717) is 11.7 Å². The lowest BCUT2D eigenvalue weighted by Crippen LogP contribution is -2.18. The first-order chi connectivity index (χ1) is 10.2. The SMILES string of the molecule is N=CC=C(N)OCc1c(-n2nn[nH]c2=O)nsc1C1CC1. The van der Waals surface area contributed by atoms with Crippen LogP contribution in [0.3, 0.4) is 0 Å². The monoisotopic (exact) mass is 307 g/mol. The van der Waals surface area contributed by atoms with E-state index in [2.05, 4.69) is 19.9 Å². The van der Waals surface area contributed by atoms with Gasteiger partial charge in [0.15, 0.2) is 11.7 Å². The van der Waals surface area contributed by atoms with Crippen LogP contribution in [0.5, 0.6) is 0 Å². The molecule has 0 unspecified atom stereocenters. The van der Waals surface area contributed by atoms with Gasteiger partial charge in [0.2, 0.25) is 0 Å². The number of nitrogens with one attached hydrogen (secondary N) is 2. The van der Waals surface area contributed by atoms with Gasteiger partial charge in [0.05, 0.1) is 5.56 Å². The predicted molar refractivity (Wildman–Crippen MR) is 75.5 cm³/mol. The fourth-order valence-corrected chi connectivity index (χ4v) is 2.92. The molecule has 1 saturated carbocycles. The van der Waals surface area contributed by atoms with E-state index in [9.17, 15) is 4.79 Å². The Hall–Kier alpha value is -2.49. The van der Waals surface area contributed by atoms with E-state index in [4.69, 9.17) is 15.9 Å². The lowest BCUT2D eigenvalue weighted by molar-refractivity contribution is 0.196. The van der Waals surface area contributed by atoms with E-state index in [1.807, 2.05) is 0 Å². The van der Waals surface area contributed by atoms with Crippen LogP contribution in [0.4, 0.5) is 0 Å². The number of nitrogens with two attached hydrogens (primary N) is 1. The molecule has 4 N–H and O–H groups in total. The minimum absolute atomic E-state index is 0.136. The Labute approximate surface area is 123 Å². The first kappa shape index (κ1) is 13.5. The minimum atomic E-state index is -0.452. The lowest BCUT2D eigenvalue weighted by atomic mass is 10.2. The number of hydrogen-bond donors (Lipinski definition) is 3. The number of aromatic nitrogens is 5. The maximum atomic E-state index is 11.6. The fraction of sp³-hybridized carbons (Fsp3) is 0.364. The molecule has 0 spiro atoms.